The van der Waals surface area contributed by atoms with Crippen molar-refractivity contribution >= 4 is 39.0 Å². The predicted molar refractivity (Wildman–Crippen MR) is 145 cm³/mol. The molecule has 0 bridgehead atoms. The molecule has 4 atom stereocenters. The molecule has 35 heavy (non-hydrogen) atoms. The van der Waals surface area contributed by atoms with E-state index in [9.17, 15) is 0 Å². The molecule has 4 aliphatic rings. The van der Waals surface area contributed by atoms with Gasteiger partial charge < -0.3 is 9.47 Å². The van der Waals surface area contributed by atoms with E-state index in [2.05, 4.69) is 69.9 Å². The minimum Gasteiger partial charge on any atom is -0.353 e. The largest absolute Gasteiger partial charge is 0.353 e. The third-order valence-corrected chi connectivity index (χ3v) is 9.75. The molecule has 6 rings (SSSR count). The molecule has 1 aromatic heterocycles. The van der Waals surface area contributed by atoms with Gasteiger partial charge in [0, 0.05) is 35.5 Å². The number of benzene rings is 1. The lowest BCUT2D eigenvalue weighted by Gasteiger charge is -2.41. The second kappa shape index (κ2) is 10.6. The van der Waals surface area contributed by atoms with Crippen molar-refractivity contribution in [3.63, 3.8) is 0 Å². The van der Waals surface area contributed by atoms with Gasteiger partial charge in [-0.1, -0.05) is 0 Å². The smallest absolute Gasteiger partial charge is 0.157 e. The molecule has 2 aromatic rings. The van der Waals surface area contributed by atoms with E-state index in [0.29, 0.717) is 17.2 Å². The highest BCUT2D eigenvalue weighted by molar-refractivity contribution is 8.04. The maximum atomic E-state index is 6.05. The Bertz CT molecular complexity index is 1120. The monoisotopic (exact) mass is 510 g/mol. The summed E-state index contributed by atoms with van der Waals surface area (Å²) in [6.07, 6.45) is 14.9. The number of rotatable bonds is 7. The third-order valence-electron chi connectivity index (χ3n) is 7.58. The Morgan fingerprint density at radius 2 is 2.20 bits per heavy atom. The van der Waals surface area contributed by atoms with E-state index in [1.54, 1.807) is 11.3 Å². The van der Waals surface area contributed by atoms with Gasteiger partial charge in [-0.3, -0.25) is 15.3 Å². The number of thioether (sulfide) groups is 1. The Morgan fingerprint density at radius 1 is 1.23 bits per heavy atom. The lowest BCUT2D eigenvalue weighted by atomic mass is 9.87. The van der Waals surface area contributed by atoms with Gasteiger partial charge in [-0.25, -0.2) is 4.98 Å². The van der Waals surface area contributed by atoms with Crippen molar-refractivity contribution in [1.82, 2.24) is 14.9 Å². The highest BCUT2D eigenvalue weighted by Gasteiger charge is 2.38. The Hall–Kier alpha value is -1.84. The van der Waals surface area contributed by atoms with Gasteiger partial charge in [0.25, 0.3) is 0 Å². The fourth-order valence-electron chi connectivity index (χ4n) is 5.62. The number of nitrogens with zero attached hydrogens (tertiary/aromatic N) is 3. The molecule has 1 aromatic carbocycles. The number of hydrogen-bond acceptors (Lipinski definition) is 8. The van der Waals surface area contributed by atoms with Gasteiger partial charge in [-0.15, -0.1) is 23.1 Å². The molecule has 0 amide bonds. The molecular formula is C27H34N4O2S2. The number of nitrogens with one attached hydrogen (secondary N) is 1. The van der Waals surface area contributed by atoms with Crippen LogP contribution in [0.25, 0.3) is 10.2 Å². The maximum absolute atomic E-state index is 6.05. The zero-order chi connectivity index (χ0) is 23.6. The predicted octanol–water partition coefficient (Wildman–Crippen LogP) is 5.98. The SMILES string of the molecule is CC1C(C2C=C3C(=CC=CN3Nc3ccc4scnc4c3)S2)CCCN1CCOC1CCCCO1. The molecule has 6 nitrogen and oxygen atoms in total. The van der Waals surface area contributed by atoms with Gasteiger partial charge in [0.05, 0.1) is 33.7 Å². The molecule has 0 aliphatic carbocycles. The van der Waals surface area contributed by atoms with Crippen LogP contribution in [-0.2, 0) is 9.47 Å². The normalized spacial score (nSPS) is 29.2. The van der Waals surface area contributed by atoms with E-state index in [-0.39, 0.29) is 6.29 Å². The minimum atomic E-state index is 0.00652. The van der Waals surface area contributed by atoms with E-state index in [1.807, 2.05) is 17.3 Å². The Morgan fingerprint density at radius 3 is 3.11 bits per heavy atom. The average Bonchev–Trinajstić information content (AvgIpc) is 3.53. The molecule has 0 radical (unpaired) electrons. The lowest BCUT2D eigenvalue weighted by Crippen LogP contribution is -2.47. The molecule has 0 spiro atoms. The molecule has 2 saturated heterocycles. The standard InChI is InChI=1S/C27H34N4O2S2/c1-19-21(6-4-11-30(19)13-15-33-27-8-2-3-14-32-27)26-17-23-25(35-26)7-5-12-31(23)29-20-9-10-24-22(16-20)28-18-34-24/h5,7,9-10,12,16-19,21,26-27,29H,2-4,6,8,11,13-15H2,1H3. The summed E-state index contributed by atoms with van der Waals surface area (Å²) in [6, 6.07) is 6.94. The Kier molecular flexibility index (Phi) is 7.16. The topological polar surface area (TPSA) is 49.9 Å². The number of hydrazine groups is 1. The lowest BCUT2D eigenvalue weighted by molar-refractivity contribution is -0.165. The highest BCUT2D eigenvalue weighted by Crippen LogP contribution is 2.46. The number of likely N-dealkylation sites (tertiary alicyclic amines) is 1. The summed E-state index contributed by atoms with van der Waals surface area (Å²) < 4.78 is 13.0. The van der Waals surface area contributed by atoms with Gasteiger partial charge >= 0.3 is 0 Å². The number of fused-ring (bicyclic) bond motifs is 2. The van der Waals surface area contributed by atoms with Crippen molar-refractivity contribution < 1.29 is 9.47 Å². The summed E-state index contributed by atoms with van der Waals surface area (Å²) >= 11 is 3.70. The summed E-state index contributed by atoms with van der Waals surface area (Å²) in [5.41, 5.74) is 8.86. The number of hydrogen-bond donors (Lipinski definition) is 1. The molecule has 5 heterocycles. The van der Waals surface area contributed by atoms with E-state index in [0.717, 1.165) is 43.9 Å². The number of allylic oxidation sites excluding steroid dienone is 2. The first kappa shape index (κ1) is 23.6. The van der Waals surface area contributed by atoms with Crippen LogP contribution in [0.2, 0.25) is 0 Å². The van der Waals surface area contributed by atoms with Crippen LogP contribution in [-0.4, -0.2) is 58.8 Å². The van der Waals surface area contributed by atoms with Crippen LogP contribution in [0.1, 0.15) is 39.0 Å². The molecule has 8 heteroatoms. The summed E-state index contributed by atoms with van der Waals surface area (Å²) in [4.78, 5) is 8.44. The van der Waals surface area contributed by atoms with Crippen LogP contribution in [0.5, 0.6) is 0 Å². The first-order valence-electron chi connectivity index (χ1n) is 12.9. The number of ether oxygens (including phenoxy) is 2. The van der Waals surface area contributed by atoms with E-state index in [1.165, 1.54) is 41.0 Å². The first-order chi connectivity index (χ1) is 17.2. The second-order valence-corrected chi connectivity index (χ2v) is 11.9. The van der Waals surface area contributed by atoms with Crippen molar-refractivity contribution in [3.05, 3.63) is 58.7 Å². The molecule has 2 fully saturated rings. The summed E-state index contributed by atoms with van der Waals surface area (Å²) in [7, 11) is 0. The van der Waals surface area contributed by atoms with Crippen LogP contribution in [0.4, 0.5) is 5.69 Å². The van der Waals surface area contributed by atoms with E-state index < -0.39 is 0 Å². The molecule has 0 saturated carbocycles. The zero-order valence-electron chi connectivity index (χ0n) is 20.3. The number of thiazole rings is 1. The van der Waals surface area contributed by atoms with Crippen molar-refractivity contribution in [3.8, 4) is 0 Å². The third kappa shape index (κ3) is 5.18. The summed E-state index contributed by atoms with van der Waals surface area (Å²) in [5.74, 6) is 0.631. The van der Waals surface area contributed by atoms with Crippen molar-refractivity contribution in [2.75, 3.05) is 31.7 Å². The van der Waals surface area contributed by atoms with Crippen molar-refractivity contribution in [2.45, 2.75) is 56.6 Å². The molecule has 4 unspecified atom stereocenters. The van der Waals surface area contributed by atoms with Crippen LogP contribution in [0.15, 0.2) is 58.7 Å². The Balaban J connectivity index is 1.09. The van der Waals surface area contributed by atoms with Gasteiger partial charge in [-0.2, -0.15) is 0 Å². The number of anilines is 1. The van der Waals surface area contributed by atoms with Gasteiger partial charge in [-0.05, 0) is 87.9 Å². The van der Waals surface area contributed by atoms with E-state index in [4.69, 9.17) is 9.47 Å². The van der Waals surface area contributed by atoms with E-state index >= 15 is 0 Å². The summed E-state index contributed by atoms with van der Waals surface area (Å²) in [6.45, 7) is 6.17. The fourth-order valence-corrected chi connectivity index (χ4v) is 7.75. The van der Waals surface area contributed by atoms with Crippen molar-refractivity contribution in [1.29, 1.82) is 0 Å². The first-order valence-corrected chi connectivity index (χ1v) is 14.6. The quantitative estimate of drug-likeness (QED) is 0.492. The second-order valence-electron chi connectivity index (χ2n) is 9.77. The minimum absolute atomic E-state index is 0.00652. The molecule has 186 valence electrons. The highest BCUT2D eigenvalue weighted by atomic mass is 32.2. The molecule has 4 aliphatic heterocycles. The summed E-state index contributed by atoms with van der Waals surface area (Å²) in [5, 5.41) is 2.65. The fraction of sp³-hybridized carbons (Fsp3) is 0.519. The van der Waals surface area contributed by atoms with Gasteiger partial charge in [0.2, 0.25) is 0 Å². The van der Waals surface area contributed by atoms with Crippen LogP contribution in [0, 0.1) is 5.92 Å². The molecule has 1 N–H and O–H groups in total. The van der Waals surface area contributed by atoms with Gasteiger partial charge in [0.1, 0.15) is 0 Å². The van der Waals surface area contributed by atoms with Gasteiger partial charge in [0.15, 0.2) is 6.29 Å². The molecular weight excluding hydrogens is 476 g/mol. The number of piperidine rings is 1. The van der Waals surface area contributed by atoms with Crippen LogP contribution in [0.3, 0.4) is 0 Å². The van der Waals surface area contributed by atoms with Crippen LogP contribution < -0.4 is 5.43 Å². The van der Waals surface area contributed by atoms with Crippen molar-refractivity contribution in [2.24, 2.45) is 5.92 Å². The Labute approximate surface area is 216 Å². The average molecular weight is 511 g/mol. The maximum Gasteiger partial charge on any atom is 0.157 e. The van der Waals surface area contributed by atoms with Crippen LogP contribution >= 0.6 is 23.1 Å². The zero-order valence-corrected chi connectivity index (χ0v) is 21.9. The number of aromatic nitrogens is 1.